The minimum Gasteiger partial charge on any atom is -0.497 e. The van der Waals surface area contributed by atoms with Crippen LogP contribution in [-0.4, -0.2) is 58.4 Å². The van der Waals surface area contributed by atoms with Crippen LogP contribution in [-0.2, 0) is 0 Å². The van der Waals surface area contributed by atoms with Crippen LogP contribution >= 0.6 is 0 Å². The van der Waals surface area contributed by atoms with Crippen molar-refractivity contribution < 1.29 is 9.47 Å². The number of nitrogens with two attached hydrogens (primary N) is 1. The van der Waals surface area contributed by atoms with Gasteiger partial charge in [-0.3, -0.25) is 4.90 Å². The molecule has 2 rings (SSSR count). The van der Waals surface area contributed by atoms with E-state index in [-0.39, 0.29) is 0 Å². The van der Waals surface area contributed by atoms with Gasteiger partial charge in [0.05, 0.1) is 19.9 Å². The number of anilines is 1. The van der Waals surface area contributed by atoms with Crippen LogP contribution in [0.25, 0.3) is 0 Å². The third-order valence-electron chi connectivity index (χ3n) is 4.03. The van der Waals surface area contributed by atoms with Gasteiger partial charge in [-0.15, -0.1) is 0 Å². The predicted molar refractivity (Wildman–Crippen MR) is 86.5 cm³/mol. The van der Waals surface area contributed by atoms with Gasteiger partial charge >= 0.3 is 0 Å². The number of rotatable bonds is 7. The van der Waals surface area contributed by atoms with Gasteiger partial charge in [0.15, 0.2) is 0 Å². The van der Waals surface area contributed by atoms with E-state index in [2.05, 4.69) is 15.9 Å². The number of methoxy groups -OCH3 is 2. The second-order valence-corrected chi connectivity index (χ2v) is 5.36. The lowest BCUT2D eigenvalue weighted by molar-refractivity contribution is 0.252. The molecule has 5 nitrogen and oxygen atoms in total. The average Bonchev–Trinajstić information content (AvgIpc) is 2.55. The number of benzene rings is 1. The first kappa shape index (κ1) is 15.9. The van der Waals surface area contributed by atoms with Crippen molar-refractivity contribution in [1.82, 2.24) is 4.90 Å². The molecule has 1 aromatic carbocycles. The predicted octanol–water partition coefficient (Wildman–Crippen LogP) is 1.56. The summed E-state index contributed by atoms with van der Waals surface area (Å²) in [6.07, 6.45) is 2.31. The van der Waals surface area contributed by atoms with Gasteiger partial charge in [0.25, 0.3) is 0 Å². The molecular formula is C16H27N3O2. The third kappa shape index (κ3) is 4.25. The molecule has 0 atom stereocenters. The number of hydrogen-bond donors (Lipinski definition) is 1. The van der Waals surface area contributed by atoms with E-state index in [0.717, 1.165) is 62.9 Å². The second-order valence-electron chi connectivity index (χ2n) is 5.36. The van der Waals surface area contributed by atoms with Crippen molar-refractivity contribution in [2.75, 3.05) is 58.4 Å². The summed E-state index contributed by atoms with van der Waals surface area (Å²) in [5.41, 5.74) is 6.70. The van der Waals surface area contributed by atoms with E-state index in [4.69, 9.17) is 15.2 Å². The van der Waals surface area contributed by atoms with Gasteiger partial charge < -0.3 is 20.1 Å². The summed E-state index contributed by atoms with van der Waals surface area (Å²) in [6.45, 7) is 6.21. The average molecular weight is 293 g/mol. The van der Waals surface area contributed by atoms with Crippen molar-refractivity contribution in [2.24, 2.45) is 5.73 Å². The van der Waals surface area contributed by atoms with E-state index >= 15 is 0 Å². The minimum absolute atomic E-state index is 0.795. The quantitative estimate of drug-likeness (QED) is 0.773. The molecule has 0 unspecified atom stereocenters. The Labute approximate surface area is 127 Å². The zero-order valence-corrected chi connectivity index (χ0v) is 13.2. The highest BCUT2D eigenvalue weighted by Crippen LogP contribution is 2.32. The Balaban J connectivity index is 1.92. The van der Waals surface area contributed by atoms with Gasteiger partial charge in [-0.2, -0.15) is 0 Å². The Morgan fingerprint density at radius 3 is 2.43 bits per heavy atom. The van der Waals surface area contributed by atoms with E-state index in [0.29, 0.717) is 0 Å². The Morgan fingerprint density at radius 1 is 1.05 bits per heavy atom. The van der Waals surface area contributed by atoms with E-state index < -0.39 is 0 Å². The molecule has 1 aliphatic heterocycles. The van der Waals surface area contributed by atoms with Crippen LogP contribution in [0.15, 0.2) is 18.2 Å². The number of nitrogens with zero attached hydrogens (tertiary/aromatic N) is 2. The maximum absolute atomic E-state index is 5.55. The number of ether oxygens (including phenoxy) is 2. The second kappa shape index (κ2) is 8.10. The first-order valence-electron chi connectivity index (χ1n) is 7.68. The summed E-state index contributed by atoms with van der Waals surface area (Å²) in [4.78, 5) is 4.90. The molecule has 5 heteroatoms. The van der Waals surface area contributed by atoms with Crippen LogP contribution in [0.2, 0.25) is 0 Å². The Hall–Kier alpha value is -1.46. The third-order valence-corrected chi connectivity index (χ3v) is 4.03. The first-order chi connectivity index (χ1) is 10.3. The normalized spacial score (nSPS) is 16.0. The SMILES string of the molecule is COc1ccc(N2CCN(CCCCN)CC2)c(OC)c1. The van der Waals surface area contributed by atoms with Crippen LogP contribution in [0.3, 0.4) is 0 Å². The highest BCUT2D eigenvalue weighted by atomic mass is 16.5. The Kier molecular flexibility index (Phi) is 6.14. The van der Waals surface area contributed by atoms with Crippen molar-refractivity contribution in [2.45, 2.75) is 12.8 Å². The van der Waals surface area contributed by atoms with Gasteiger partial charge in [-0.05, 0) is 38.1 Å². The molecule has 1 saturated heterocycles. The summed E-state index contributed by atoms with van der Waals surface area (Å²) >= 11 is 0. The van der Waals surface area contributed by atoms with Crippen LogP contribution < -0.4 is 20.1 Å². The fraction of sp³-hybridized carbons (Fsp3) is 0.625. The lowest BCUT2D eigenvalue weighted by Crippen LogP contribution is -2.46. The molecule has 0 aliphatic carbocycles. The van der Waals surface area contributed by atoms with Crippen LogP contribution in [0.4, 0.5) is 5.69 Å². The van der Waals surface area contributed by atoms with Gasteiger partial charge in [0.1, 0.15) is 11.5 Å². The molecular weight excluding hydrogens is 266 g/mol. The summed E-state index contributed by atoms with van der Waals surface area (Å²) in [5, 5.41) is 0. The monoisotopic (exact) mass is 293 g/mol. The first-order valence-corrected chi connectivity index (χ1v) is 7.68. The highest BCUT2D eigenvalue weighted by molar-refractivity contribution is 5.61. The molecule has 1 aliphatic rings. The van der Waals surface area contributed by atoms with Crippen molar-refractivity contribution in [3.8, 4) is 11.5 Å². The summed E-state index contributed by atoms with van der Waals surface area (Å²) in [5.74, 6) is 1.71. The smallest absolute Gasteiger partial charge is 0.145 e. The number of hydrogen-bond acceptors (Lipinski definition) is 5. The summed E-state index contributed by atoms with van der Waals surface area (Å²) < 4.78 is 10.8. The lowest BCUT2D eigenvalue weighted by atomic mass is 10.2. The molecule has 0 spiro atoms. The van der Waals surface area contributed by atoms with E-state index in [1.165, 1.54) is 6.42 Å². The molecule has 21 heavy (non-hydrogen) atoms. The number of unbranched alkanes of at least 4 members (excludes halogenated alkanes) is 1. The van der Waals surface area contributed by atoms with Crippen molar-refractivity contribution in [1.29, 1.82) is 0 Å². The Morgan fingerprint density at radius 2 is 1.81 bits per heavy atom. The van der Waals surface area contributed by atoms with Crippen molar-refractivity contribution >= 4 is 5.69 Å². The minimum atomic E-state index is 0.795. The fourth-order valence-electron chi connectivity index (χ4n) is 2.74. The van der Waals surface area contributed by atoms with E-state index in [9.17, 15) is 0 Å². The maximum Gasteiger partial charge on any atom is 0.145 e. The summed E-state index contributed by atoms with van der Waals surface area (Å²) in [7, 11) is 3.38. The van der Waals surface area contributed by atoms with Gasteiger partial charge in [0, 0.05) is 32.2 Å². The van der Waals surface area contributed by atoms with Gasteiger partial charge in [0.2, 0.25) is 0 Å². The lowest BCUT2D eigenvalue weighted by Gasteiger charge is -2.36. The largest absolute Gasteiger partial charge is 0.497 e. The molecule has 0 aromatic heterocycles. The van der Waals surface area contributed by atoms with E-state index in [1.807, 2.05) is 12.1 Å². The zero-order valence-electron chi connectivity index (χ0n) is 13.2. The van der Waals surface area contributed by atoms with Crippen molar-refractivity contribution in [3.63, 3.8) is 0 Å². The highest BCUT2D eigenvalue weighted by Gasteiger charge is 2.19. The molecule has 0 bridgehead atoms. The molecule has 0 saturated carbocycles. The molecule has 0 radical (unpaired) electrons. The molecule has 1 heterocycles. The van der Waals surface area contributed by atoms with Crippen LogP contribution in [0.5, 0.6) is 11.5 Å². The molecule has 2 N–H and O–H groups in total. The Bertz CT molecular complexity index is 432. The number of piperazine rings is 1. The molecule has 1 fully saturated rings. The summed E-state index contributed by atoms with van der Waals surface area (Å²) in [6, 6.07) is 6.02. The standard InChI is InChI=1S/C16H27N3O2/c1-20-14-5-6-15(16(13-14)21-2)19-11-9-18(10-12-19)8-4-3-7-17/h5-6,13H,3-4,7-12,17H2,1-2H3. The fourth-order valence-corrected chi connectivity index (χ4v) is 2.74. The molecule has 1 aromatic rings. The topological polar surface area (TPSA) is 51.0 Å². The zero-order chi connectivity index (χ0) is 15.1. The van der Waals surface area contributed by atoms with Crippen LogP contribution in [0, 0.1) is 0 Å². The van der Waals surface area contributed by atoms with Crippen molar-refractivity contribution in [3.05, 3.63) is 18.2 Å². The van der Waals surface area contributed by atoms with E-state index in [1.54, 1.807) is 14.2 Å². The van der Waals surface area contributed by atoms with Gasteiger partial charge in [-0.25, -0.2) is 0 Å². The van der Waals surface area contributed by atoms with Crippen LogP contribution in [0.1, 0.15) is 12.8 Å². The maximum atomic E-state index is 5.55. The molecule has 0 amide bonds. The molecule has 118 valence electrons. The van der Waals surface area contributed by atoms with Gasteiger partial charge in [-0.1, -0.05) is 0 Å².